The van der Waals surface area contributed by atoms with E-state index in [-0.39, 0.29) is 5.91 Å². The molecule has 1 fully saturated rings. The molecule has 1 aromatic heterocycles. The minimum Gasteiger partial charge on any atom is -0.351 e. The van der Waals surface area contributed by atoms with Crippen molar-refractivity contribution in [3.63, 3.8) is 0 Å². The normalized spacial score (nSPS) is 17.2. The molecule has 1 aromatic rings. The van der Waals surface area contributed by atoms with Crippen molar-refractivity contribution >= 4 is 56.4 Å². The van der Waals surface area contributed by atoms with Gasteiger partial charge in [-0.2, -0.15) is 0 Å². The van der Waals surface area contributed by atoms with Gasteiger partial charge < -0.3 is 5.32 Å². The first-order chi connectivity index (χ1) is 7.58. The zero-order valence-electron chi connectivity index (χ0n) is 8.30. The van der Waals surface area contributed by atoms with Crippen LogP contribution < -0.4 is 5.32 Å². The van der Waals surface area contributed by atoms with Gasteiger partial charge in [-0.15, -0.1) is 11.3 Å². The minimum absolute atomic E-state index is 0.154. The Morgan fingerprint density at radius 2 is 2.31 bits per heavy atom. The molecule has 1 saturated carbocycles. The molecular formula is C10H10BrCl2NOS. The van der Waals surface area contributed by atoms with E-state index in [9.17, 15) is 4.79 Å². The van der Waals surface area contributed by atoms with Crippen molar-refractivity contribution in [2.45, 2.75) is 17.7 Å². The van der Waals surface area contributed by atoms with Crippen LogP contribution in [0.1, 0.15) is 23.2 Å². The van der Waals surface area contributed by atoms with Crippen LogP contribution in [0.4, 0.5) is 0 Å². The van der Waals surface area contributed by atoms with Gasteiger partial charge in [0.25, 0.3) is 5.91 Å². The van der Waals surface area contributed by atoms with Gasteiger partial charge in [0, 0.05) is 11.4 Å². The number of thiophene rings is 1. The molecule has 2 rings (SSSR count). The topological polar surface area (TPSA) is 29.1 Å². The summed E-state index contributed by atoms with van der Waals surface area (Å²) in [5.74, 6) is 0.556. The summed E-state index contributed by atoms with van der Waals surface area (Å²) in [6.45, 7) is 0.632. The summed E-state index contributed by atoms with van der Waals surface area (Å²) in [4.78, 5) is 12.1. The van der Waals surface area contributed by atoms with Gasteiger partial charge in [-0.1, -0.05) is 39.1 Å². The molecule has 2 nitrogen and oxygen atoms in total. The molecule has 0 radical (unpaired) electrons. The van der Waals surface area contributed by atoms with Crippen LogP contribution >= 0.6 is 50.5 Å². The molecule has 6 heteroatoms. The zero-order chi connectivity index (χ0) is 11.7. The third kappa shape index (κ3) is 3.13. The van der Waals surface area contributed by atoms with Gasteiger partial charge in [0.2, 0.25) is 0 Å². The highest BCUT2D eigenvalue weighted by Crippen LogP contribution is 2.36. The average molecular weight is 343 g/mol. The van der Waals surface area contributed by atoms with Crippen LogP contribution in [0.25, 0.3) is 0 Å². The largest absolute Gasteiger partial charge is 0.351 e. The van der Waals surface area contributed by atoms with Crippen molar-refractivity contribution in [1.82, 2.24) is 5.32 Å². The van der Waals surface area contributed by atoms with Crippen molar-refractivity contribution in [2.75, 3.05) is 6.54 Å². The zero-order valence-corrected chi connectivity index (χ0v) is 12.2. The average Bonchev–Trinajstić information content (AvgIpc) is 3.01. The fourth-order valence-electron chi connectivity index (χ4n) is 1.41. The standard InChI is InChI=1S/C10H10BrCl2NOS/c11-7(5-1-2-5)4-14-10(15)6-3-8(12)16-9(6)13/h3,5,7H,1-2,4H2,(H,14,15). The number of hydrogen-bond acceptors (Lipinski definition) is 2. The van der Waals surface area contributed by atoms with Gasteiger partial charge in [0.15, 0.2) is 0 Å². The molecule has 0 spiro atoms. The van der Waals surface area contributed by atoms with Crippen molar-refractivity contribution < 1.29 is 4.79 Å². The third-order valence-electron chi connectivity index (χ3n) is 2.49. The van der Waals surface area contributed by atoms with E-state index in [4.69, 9.17) is 23.2 Å². The van der Waals surface area contributed by atoms with Crippen molar-refractivity contribution in [3.8, 4) is 0 Å². The van der Waals surface area contributed by atoms with Crippen LogP contribution in [0.3, 0.4) is 0 Å². The molecule has 1 atom stereocenters. The Morgan fingerprint density at radius 3 is 2.81 bits per heavy atom. The maximum Gasteiger partial charge on any atom is 0.253 e. The fraction of sp³-hybridized carbons (Fsp3) is 0.500. The van der Waals surface area contributed by atoms with Crippen LogP contribution in [0.2, 0.25) is 8.67 Å². The number of alkyl halides is 1. The van der Waals surface area contributed by atoms with Crippen molar-refractivity contribution in [3.05, 3.63) is 20.3 Å². The fourth-order valence-corrected chi connectivity index (χ4v) is 3.55. The maximum atomic E-state index is 11.8. The highest BCUT2D eigenvalue weighted by atomic mass is 79.9. The Kier molecular flexibility index (Phi) is 4.16. The van der Waals surface area contributed by atoms with Gasteiger partial charge in [-0.3, -0.25) is 4.79 Å². The molecule has 1 heterocycles. The molecule has 1 N–H and O–H groups in total. The van der Waals surface area contributed by atoms with Crippen LogP contribution in [0.15, 0.2) is 6.07 Å². The second-order valence-electron chi connectivity index (χ2n) is 3.80. The predicted molar refractivity (Wildman–Crippen MR) is 72.1 cm³/mol. The van der Waals surface area contributed by atoms with Crippen LogP contribution in [-0.4, -0.2) is 17.3 Å². The molecule has 0 bridgehead atoms. The number of amides is 1. The number of hydrogen-bond donors (Lipinski definition) is 1. The molecule has 0 saturated heterocycles. The van der Waals surface area contributed by atoms with Gasteiger partial charge in [0.05, 0.1) is 9.90 Å². The number of carbonyl (C=O) groups excluding carboxylic acids is 1. The lowest BCUT2D eigenvalue weighted by Gasteiger charge is -2.09. The number of halogens is 3. The molecule has 1 unspecified atom stereocenters. The molecule has 1 aliphatic carbocycles. The Bertz CT molecular complexity index is 406. The monoisotopic (exact) mass is 341 g/mol. The highest BCUT2D eigenvalue weighted by Gasteiger charge is 2.29. The van der Waals surface area contributed by atoms with E-state index < -0.39 is 0 Å². The number of nitrogens with one attached hydrogen (secondary N) is 1. The number of carbonyl (C=O) groups is 1. The Hall–Kier alpha value is 0.230. The lowest BCUT2D eigenvalue weighted by Crippen LogP contribution is -2.30. The SMILES string of the molecule is O=C(NCC(Br)C1CC1)c1cc(Cl)sc1Cl. The summed E-state index contributed by atoms with van der Waals surface area (Å²) in [5.41, 5.74) is 0.465. The molecule has 16 heavy (non-hydrogen) atoms. The molecule has 88 valence electrons. The summed E-state index contributed by atoms with van der Waals surface area (Å²) >= 11 is 16.4. The summed E-state index contributed by atoms with van der Waals surface area (Å²) in [6.07, 6.45) is 2.49. The summed E-state index contributed by atoms with van der Waals surface area (Å²) in [7, 11) is 0. The molecular weight excluding hydrogens is 333 g/mol. The maximum absolute atomic E-state index is 11.8. The second-order valence-corrected chi connectivity index (χ2v) is 7.26. The first kappa shape index (κ1) is 12.7. The lowest BCUT2D eigenvalue weighted by atomic mass is 10.2. The molecule has 1 amide bonds. The minimum atomic E-state index is -0.154. The van der Waals surface area contributed by atoms with Crippen molar-refractivity contribution in [1.29, 1.82) is 0 Å². The van der Waals surface area contributed by atoms with E-state index in [1.807, 2.05) is 0 Å². The van der Waals surface area contributed by atoms with Crippen LogP contribution in [0, 0.1) is 5.92 Å². The highest BCUT2D eigenvalue weighted by molar-refractivity contribution is 9.09. The second kappa shape index (κ2) is 5.25. The third-order valence-corrected chi connectivity index (χ3v) is 5.05. The first-order valence-electron chi connectivity index (χ1n) is 4.95. The van der Waals surface area contributed by atoms with E-state index in [1.165, 1.54) is 24.2 Å². The summed E-state index contributed by atoms with van der Waals surface area (Å²) in [5, 5.41) is 2.85. The van der Waals surface area contributed by atoms with E-state index in [1.54, 1.807) is 6.07 Å². The van der Waals surface area contributed by atoms with E-state index >= 15 is 0 Å². The molecule has 0 aliphatic heterocycles. The first-order valence-corrected chi connectivity index (χ1v) is 7.44. The Labute approximate surface area is 116 Å². The van der Waals surface area contributed by atoms with Crippen molar-refractivity contribution in [2.24, 2.45) is 5.92 Å². The predicted octanol–water partition coefficient (Wildman–Crippen LogP) is 3.96. The number of rotatable bonds is 4. The molecule has 1 aliphatic rings. The summed E-state index contributed by atoms with van der Waals surface area (Å²) in [6, 6.07) is 1.60. The Morgan fingerprint density at radius 1 is 1.62 bits per heavy atom. The van der Waals surface area contributed by atoms with Gasteiger partial charge >= 0.3 is 0 Å². The molecule has 0 aromatic carbocycles. The van der Waals surface area contributed by atoms with Crippen LogP contribution in [-0.2, 0) is 0 Å². The van der Waals surface area contributed by atoms with Gasteiger partial charge in [-0.25, -0.2) is 0 Å². The van der Waals surface area contributed by atoms with E-state index in [2.05, 4.69) is 21.2 Å². The smallest absolute Gasteiger partial charge is 0.253 e. The van der Waals surface area contributed by atoms with Crippen LogP contribution in [0.5, 0.6) is 0 Å². The summed E-state index contributed by atoms with van der Waals surface area (Å²) < 4.78 is 0.979. The van der Waals surface area contributed by atoms with E-state index in [0.717, 1.165) is 0 Å². The van der Waals surface area contributed by atoms with Gasteiger partial charge in [0.1, 0.15) is 4.34 Å². The quantitative estimate of drug-likeness (QED) is 0.824. The van der Waals surface area contributed by atoms with E-state index in [0.29, 0.717) is 31.5 Å². The Balaban J connectivity index is 1.89. The lowest BCUT2D eigenvalue weighted by molar-refractivity contribution is 0.0954. The van der Waals surface area contributed by atoms with Gasteiger partial charge in [-0.05, 0) is 24.8 Å².